The largest absolute Gasteiger partial charge is 0.339 e. The van der Waals surface area contributed by atoms with Crippen LogP contribution in [0.5, 0.6) is 0 Å². The first-order chi connectivity index (χ1) is 9.24. The second-order valence-corrected chi connectivity index (χ2v) is 7.63. The number of rotatable bonds is 6. The van der Waals surface area contributed by atoms with Gasteiger partial charge in [0, 0.05) is 23.2 Å². The highest BCUT2D eigenvalue weighted by molar-refractivity contribution is 8.06. The van der Waals surface area contributed by atoms with Crippen molar-refractivity contribution in [2.45, 2.75) is 43.6 Å². The number of aryl methyl sites for hydroxylation is 1. The third-order valence-corrected chi connectivity index (χ3v) is 6.69. The number of thioether (sulfide) groups is 2. The van der Waals surface area contributed by atoms with Crippen LogP contribution in [0.1, 0.15) is 43.7 Å². The molecular formula is C13H23N3OS2. The molecule has 1 aromatic rings. The molecule has 6 heteroatoms. The van der Waals surface area contributed by atoms with Gasteiger partial charge in [-0.1, -0.05) is 19.0 Å². The SMILES string of the molecule is CCC1SCCSC1c1noc(CCC(C)CN)n1. The number of aromatic nitrogens is 2. The predicted octanol–water partition coefficient (Wildman–Crippen LogP) is 2.90. The van der Waals surface area contributed by atoms with Gasteiger partial charge in [0.15, 0.2) is 5.82 Å². The van der Waals surface area contributed by atoms with Crippen molar-refractivity contribution < 1.29 is 4.52 Å². The van der Waals surface area contributed by atoms with Crippen molar-refractivity contribution in [1.29, 1.82) is 0 Å². The lowest BCUT2D eigenvalue weighted by atomic mass is 10.1. The summed E-state index contributed by atoms with van der Waals surface area (Å²) >= 11 is 4.00. The fraction of sp³-hybridized carbons (Fsp3) is 0.846. The van der Waals surface area contributed by atoms with Crippen molar-refractivity contribution in [3.05, 3.63) is 11.7 Å². The van der Waals surface area contributed by atoms with Crippen molar-refractivity contribution in [1.82, 2.24) is 10.1 Å². The lowest BCUT2D eigenvalue weighted by Crippen LogP contribution is -2.19. The average molecular weight is 301 g/mol. The minimum atomic E-state index is 0.396. The maximum atomic E-state index is 5.62. The fourth-order valence-corrected chi connectivity index (χ4v) is 5.10. The van der Waals surface area contributed by atoms with Crippen LogP contribution in [0.15, 0.2) is 4.52 Å². The van der Waals surface area contributed by atoms with Crippen LogP contribution in [0, 0.1) is 5.92 Å². The summed E-state index contributed by atoms with van der Waals surface area (Å²) in [5.41, 5.74) is 5.62. The Bertz CT molecular complexity index is 386. The Hall–Kier alpha value is -0.200. The van der Waals surface area contributed by atoms with Gasteiger partial charge in [-0.25, -0.2) is 0 Å². The molecule has 1 fully saturated rings. The summed E-state index contributed by atoms with van der Waals surface area (Å²) in [5, 5.41) is 5.20. The van der Waals surface area contributed by atoms with E-state index in [-0.39, 0.29) is 0 Å². The van der Waals surface area contributed by atoms with E-state index in [2.05, 4.69) is 24.0 Å². The van der Waals surface area contributed by atoms with Crippen molar-refractivity contribution in [2.75, 3.05) is 18.1 Å². The highest BCUT2D eigenvalue weighted by Gasteiger charge is 2.30. The van der Waals surface area contributed by atoms with E-state index in [1.165, 1.54) is 11.5 Å². The molecule has 0 aliphatic carbocycles. The van der Waals surface area contributed by atoms with Crippen LogP contribution in [0.3, 0.4) is 0 Å². The van der Waals surface area contributed by atoms with E-state index in [9.17, 15) is 0 Å². The first-order valence-electron chi connectivity index (χ1n) is 7.00. The van der Waals surface area contributed by atoms with Gasteiger partial charge in [0.25, 0.3) is 0 Å². The van der Waals surface area contributed by atoms with E-state index in [0.29, 0.717) is 23.0 Å². The van der Waals surface area contributed by atoms with Gasteiger partial charge >= 0.3 is 0 Å². The van der Waals surface area contributed by atoms with Crippen LogP contribution in [0.4, 0.5) is 0 Å². The van der Waals surface area contributed by atoms with E-state index in [1.807, 2.05) is 23.5 Å². The summed E-state index contributed by atoms with van der Waals surface area (Å²) in [6.45, 7) is 5.10. The molecule has 1 aliphatic rings. The molecule has 2 rings (SSSR count). The van der Waals surface area contributed by atoms with Gasteiger partial charge in [-0.15, -0.1) is 11.8 Å². The Morgan fingerprint density at radius 2 is 2.21 bits per heavy atom. The quantitative estimate of drug-likeness (QED) is 0.871. The van der Waals surface area contributed by atoms with E-state index in [1.54, 1.807) is 0 Å². The molecular weight excluding hydrogens is 278 g/mol. The third kappa shape index (κ3) is 4.13. The van der Waals surface area contributed by atoms with Gasteiger partial charge in [-0.2, -0.15) is 16.7 Å². The molecule has 1 aliphatic heterocycles. The molecule has 3 atom stereocenters. The minimum absolute atomic E-state index is 0.396. The molecule has 0 bridgehead atoms. The molecule has 4 nitrogen and oxygen atoms in total. The topological polar surface area (TPSA) is 64.9 Å². The van der Waals surface area contributed by atoms with E-state index < -0.39 is 0 Å². The molecule has 19 heavy (non-hydrogen) atoms. The summed E-state index contributed by atoms with van der Waals surface area (Å²) in [6, 6.07) is 0. The Labute approximate surface area is 123 Å². The summed E-state index contributed by atoms with van der Waals surface area (Å²) in [7, 11) is 0. The number of nitrogens with zero attached hydrogens (tertiary/aromatic N) is 2. The molecule has 0 amide bonds. The Kier molecular flexibility index (Phi) is 6.04. The van der Waals surface area contributed by atoms with Crippen LogP contribution >= 0.6 is 23.5 Å². The average Bonchev–Trinajstić information content (AvgIpc) is 2.93. The highest BCUT2D eigenvalue weighted by Crippen LogP contribution is 2.42. The predicted molar refractivity (Wildman–Crippen MR) is 82.6 cm³/mol. The maximum Gasteiger partial charge on any atom is 0.226 e. The molecule has 0 spiro atoms. The number of hydrogen-bond donors (Lipinski definition) is 1. The van der Waals surface area contributed by atoms with Crippen LogP contribution in [0.2, 0.25) is 0 Å². The molecule has 1 aromatic heterocycles. The zero-order chi connectivity index (χ0) is 13.7. The zero-order valence-corrected chi connectivity index (χ0v) is 13.3. The van der Waals surface area contributed by atoms with Gasteiger partial charge in [0.1, 0.15) is 0 Å². The molecule has 0 saturated carbocycles. The standard InChI is InChI=1S/C13H23N3OS2/c1-3-10-12(19-7-6-18-10)13-15-11(17-16-13)5-4-9(2)8-14/h9-10,12H,3-8,14H2,1-2H3. The van der Waals surface area contributed by atoms with Crippen molar-refractivity contribution in [3.63, 3.8) is 0 Å². The van der Waals surface area contributed by atoms with Crippen molar-refractivity contribution >= 4 is 23.5 Å². The minimum Gasteiger partial charge on any atom is -0.339 e. The summed E-state index contributed by atoms with van der Waals surface area (Å²) in [5.74, 6) is 4.58. The molecule has 2 N–H and O–H groups in total. The zero-order valence-electron chi connectivity index (χ0n) is 11.7. The smallest absolute Gasteiger partial charge is 0.226 e. The van der Waals surface area contributed by atoms with E-state index >= 15 is 0 Å². The second-order valence-electron chi connectivity index (χ2n) is 5.03. The number of hydrogen-bond acceptors (Lipinski definition) is 6. The van der Waals surface area contributed by atoms with Gasteiger partial charge in [0.2, 0.25) is 5.89 Å². The second kappa shape index (κ2) is 7.55. The Morgan fingerprint density at radius 1 is 1.42 bits per heavy atom. The first kappa shape index (κ1) is 15.2. The van der Waals surface area contributed by atoms with Crippen LogP contribution < -0.4 is 5.73 Å². The lowest BCUT2D eigenvalue weighted by Gasteiger charge is -2.27. The van der Waals surface area contributed by atoms with E-state index in [0.717, 1.165) is 31.0 Å². The summed E-state index contributed by atoms with van der Waals surface area (Å²) in [4.78, 5) is 4.59. The molecule has 2 heterocycles. The fourth-order valence-electron chi connectivity index (χ4n) is 2.11. The lowest BCUT2D eigenvalue weighted by molar-refractivity contribution is 0.361. The van der Waals surface area contributed by atoms with Gasteiger partial charge < -0.3 is 10.3 Å². The van der Waals surface area contributed by atoms with Crippen molar-refractivity contribution in [3.8, 4) is 0 Å². The molecule has 108 valence electrons. The molecule has 1 saturated heterocycles. The normalized spacial score (nSPS) is 25.4. The Morgan fingerprint density at radius 3 is 2.95 bits per heavy atom. The Balaban J connectivity index is 1.95. The maximum absolute atomic E-state index is 5.62. The van der Waals surface area contributed by atoms with Crippen molar-refractivity contribution in [2.24, 2.45) is 11.7 Å². The van der Waals surface area contributed by atoms with E-state index in [4.69, 9.17) is 10.3 Å². The van der Waals surface area contributed by atoms with Gasteiger partial charge in [-0.3, -0.25) is 0 Å². The number of nitrogens with two attached hydrogens (primary N) is 1. The highest BCUT2D eigenvalue weighted by atomic mass is 32.2. The van der Waals surface area contributed by atoms with Crippen LogP contribution in [0.25, 0.3) is 0 Å². The first-order valence-corrected chi connectivity index (χ1v) is 9.10. The van der Waals surface area contributed by atoms with Crippen LogP contribution in [-0.2, 0) is 6.42 Å². The monoisotopic (exact) mass is 301 g/mol. The van der Waals surface area contributed by atoms with Crippen LogP contribution in [-0.4, -0.2) is 33.4 Å². The molecule has 0 radical (unpaired) electrons. The summed E-state index contributed by atoms with van der Waals surface area (Å²) in [6.07, 6.45) is 3.02. The van der Waals surface area contributed by atoms with Gasteiger partial charge in [0.05, 0.1) is 5.25 Å². The molecule has 3 unspecified atom stereocenters. The summed E-state index contributed by atoms with van der Waals surface area (Å²) < 4.78 is 5.38. The third-order valence-electron chi connectivity index (χ3n) is 3.44. The van der Waals surface area contributed by atoms with Gasteiger partial charge in [-0.05, 0) is 25.3 Å². The molecule has 0 aromatic carbocycles.